The topological polar surface area (TPSA) is 122 Å². The number of hydrogen-bond donors (Lipinski definition) is 1. The number of fused-ring (bicyclic) bond motifs is 2. The van der Waals surface area contributed by atoms with Crippen molar-refractivity contribution >= 4 is 17.5 Å². The van der Waals surface area contributed by atoms with Gasteiger partial charge in [-0.3, -0.25) is 9.74 Å². The van der Waals surface area contributed by atoms with Crippen molar-refractivity contribution in [2.45, 2.75) is 72.1 Å². The molecular formula is C30H34F2N6O5. The Hall–Kier alpha value is -4.39. The first-order valence-electron chi connectivity index (χ1n) is 14.1. The Morgan fingerprint density at radius 2 is 2.02 bits per heavy atom. The van der Waals surface area contributed by atoms with Gasteiger partial charge in [-0.05, 0) is 65.5 Å². The second-order valence-electron chi connectivity index (χ2n) is 11.5. The summed E-state index contributed by atoms with van der Waals surface area (Å²) in [5, 5.41) is 7.39. The minimum absolute atomic E-state index is 0.0636. The van der Waals surface area contributed by atoms with Gasteiger partial charge in [-0.15, -0.1) is 0 Å². The van der Waals surface area contributed by atoms with Gasteiger partial charge in [0.1, 0.15) is 0 Å². The molecule has 1 aliphatic heterocycles. The van der Waals surface area contributed by atoms with E-state index in [1.807, 2.05) is 17.7 Å². The molecule has 0 saturated heterocycles. The molecule has 0 aliphatic carbocycles. The smallest absolute Gasteiger partial charge is 0.381 e. The lowest BCUT2D eigenvalue weighted by atomic mass is 9.91. The van der Waals surface area contributed by atoms with Gasteiger partial charge in [-0.1, -0.05) is 0 Å². The number of carbonyl (C=O) groups is 2. The summed E-state index contributed by atoms with van der Waals surface area (Å²) in [6.45, 7) is 10.0. The van der Waals surface area contributed by atoms with E-state index in [9.17, 15) is 14.1 Å². The number of aromatic nitrogens is 5. The highest BCUT2D eigenvalue weighted by Gasteiger charge is 2.36. The first kappa shape index (κ1) is 30.1. The third-order valence-corrected chi connectivity index (χ3v) is 7.22. The number of halogens is 2. The first-order valence-corrected chi connectivity index (χ1v) is 14.1. The molecule has 3 aromatic heterocycles. The van der Waals surface area contributed by atoms with Gasteiger partial charge in [0.15, 0.2) is 29.0 Å². The quantitative estimate of drug-likeness (QED) is 0.274. The number of aryl methyl sites for hydroxylation is 2. The van der Waals surface area contributed by atoms with Crippen LogP contribution in [0.4, 0.5) is 8.92 Å². The van der Waals surface area contributed by atoms with Crippen molar-refractivity contribution in [3.63, 3.8) is 0 Å². The standard InChI is InChI=1S/C30H34F2N6O5/c1-17-19-8-6-13-41-26(19)21(31)14-20(17)25-24(27(29(40)43-32)42-30(3,4)5)18(2)35-23-15-22(36-38(23)25)28(39)34-9-7-11-37-12-10-33-16-37/h10,12,14-16,27H,6-9,11,13H2,1-5H3,(H,34,39)/t27-/m0/s1. The Balaban J connectivity index is 1.65. The monoisotopic (exact) mass is 596 g/mol. The summed E-state index contributed by atoms with van der Waals surface area (Å²) in [6, 6.07) is 2.80. The first-order chi connectivity index (χ1) is 20.5. The SMILES string of the molecule is Cc1nc2cc(C(=O)NCCCn3ccnc3)nn2c(-c2cc(F)c3c(c2C)CCCO3)c1[C@H](OC(C)(C)C)C(=O)OF. The molecule has 11 nitrogen and oxygen atoms in total. The van der Waals surface area contributed by atoms with Crippen LogP contribution in [-0.2, 0) is 27.4 Å². The van der Waals surface area contributed by atoms with Gasteiger partial charge in [-0.2, -0.15) is 5.10 Å². The average molecular weight is 597 g/mol. The summed E-state index contributed by atoms with van der Waals surface area (Å²) in [6.07, 6.45) is 5.59. The molecule has 0 fully saturated rings. The summed E-state index contributed by atoms with van der Waals surface area (Å²) in [5.41, 5.74) is 1.83. The second kappa shape index (κ2) is 12.1. The Kier molecular flexibility index (Phi) is 8.45. The van der Waals surface area contributed by atoms with E-state index in [2.05, 4.69) is 25.3 Å². The number of ether oxygens (including phenoxy) is 2. The molecule has 0 unspecified atom stereocenters. The predicted octanol–water partition coefficient (Wildman–Crippen LogP) is 4.78. The molecule has 0 spiro atoms. The highest BCUT2D eigenvalue weighted by Crippen LogP contribution is 2.41. The Bertz CT molecular complexity index is 1660. The summed E-state index contributed by atoms with van der Waals surface area (Å²) in [4.78, 5) is 38.2. The number of benzene rings is 1. The van der Waals surface area contributed by atoms with Gasteiger partial charge in [0.25, 0.3) is 5.91 Å². The highest BCUT2D eigenvalue weighted by molar-refractivity contribution is 5.93. The summed E-state index contributed by atoms with van der Waals surface area (Å²) >= 11 is 0. The lowest BCUT2D eigenvalue weighted by Gasteiger charge is -2.28. The van der Waals surface area contributed by atoms with Crippen LogP contribution in [0.3, 0.4) is 0 Å². The van der Waals surface area contributed by atoms with Crippen molar-refractivity contribution in [2.24, 2.45) is 0 Å². The molecule has 0 radical (unpaired) electrons. The predicted molar refractivity (Wildman–Crippen MR) is 152 cm³/mol. The molecule has 13 heteroatoms. The number of hydrogen-bond acceptors (Lipinski definition) is 8. The maximum Gasteiger partial charge on any atom is 0.381 e. The van der Waals surface area contributed by atoms with Crippen LogP contribution < -0.4 is 10.1 Å². The fourth-order valence-electron chi connectivity index (χ4n) is 5.31. The molecule has 1 aliphatic rings. The maximum absolute atomic E-state index is 15.5. The molecule has 1 N–H and O–H groups in total. The van der Waals surface area contributed by atoms with Gasteiger partial charge in [0.05, 0.1) is 24.2 Å². The maximum atomic E-state index is 15.5. The van der Waals surface area contributed by atoms with E-state index in [1.54, 1.807) is 40.2 Å². The Morgan fingerprint density at radius 1 is 1.23 bits per heavy atom. The molecule has 4 heterocycles. The van der Waals surface area contributed by atoms with E-state index < -0.39 is 29.4 Å². The van der Waals surface area contributed by atoms with Gasteiger partial charge in [0, 0.05) is 58.5 Å². The summed E-state index contributed by atoms with van der Waals surface area (Å²) in [5.74, 6) is -2.15. The third-order valence-electron chi connectivity index (χ3n) is 7.22. The molecule has 1 amide bonds. The largest absolute Gasteiger partial charge is 0.490 e. The normalized spacial score (nSPS) is 13.8. The van der Waals surface area contributed by atoms with Gasteiger partial charge in [0.2, 0.25) is 0 Å². The van der Waals surface area contributed by atoms with E-state index >= 15 is 4.39 Å². The lowest BCUT2D eigenvalue weighted by molar-refractivity contribution is -0.205. The van der Waals surface area contributed by atoms with Gasteiger partial charge >= 0.3 is 5.97 Å². The fraction of sp³-hybridized carbons (Fsp3) is 0.433. The molecule has 4 aromatic rings. The van der Waals surface area contributed by atoms with Crippen LogP contribution >= 0.6 is 0 Å². The van der Waals surface area contributed by atoms with Crippen molar-refractivity contribution in [1.82, 2.24) is 29.5 Å². The van der Waals surface area contributed by atoms with Crippen LogP contribution in [0.5, 0.6) is 5.75 Å². The van der Waals surface area contributed by atoms with Crippen LogP contribution in [0.25, 0.3) is 16.9 Å². The molecule has 1 atom stereocenters. The van der Waals surface area contributed by atoms with Crippen LogP contribution in [-0.4, -0.2) is 54.8 Å². The number of carbonyl (C=O) groups excluding carboxylic acids is 2. The molecule has 5 rings (SSSR count). The van der Waals surface area contributed by atoms with Crippen LogP contribution in [0.1, 0.15) is 72.6 Å². The minimum Gasteiger partial charge on any atom is -0.490 e. The van der Waals surface area contributed by atoms with Crippen molar-refractivity contribution in [3.8, 4) is 17.0 Å². The Morgan fingerprint density at radius 3 is 2.72 bits per heavy atom. The van der Waals surface area contributed by atoms with E-state index in [1.165, 1.54) is 16.6 Å². The van der Waals surface area contributed by atoms with Crippen LogP contribution in [0, 0.1) is 19.7 Å². The minimum atomic E-state index is -1.57. The molecule has 0 bridgehead atoms. The van der Waals surface area contributed by atoms with Crippen molar-refractivity contribution < 1.29 is 32.9 Å². The summed E-state index contributed by atoms with van der Waals surface area (Å²) in [7, 11) is 0. The van der Waals surface area contributed by atoms with E-state index in [4.69, 9.17) is 9.47 Å². The van der Waals surface area contributed by atoms with E-state index in [0.717, 1.165) is 0 Å². The Labute approximate surface area is 247 Å². The molecule has 0 saturated carbocycles. The number of rotatable bonds is 9. The van der Waals surface area contributed by atoms with Crippen molar-refractivity contribution in [2.75, 3.05) is 13.2 Å². The fourth-order valence-corrected chi connectivity index (χ4v) is 5.31. The number of amides is 1. The van der Waals surface area contributed by atoms with Crippen LogP contribution in [0.2, 0.25) is 0 Å². The number of nitrogens with zero attached hydrogens (tertiary/aromatic N) is 5. The molecular weight excluding hydrogens is 562 g/mol. The zero-order valence-corrected chi connectivity index (χ0v) is 24.7. The van der Waals surface area contributed by atoms with E-state index in [-0.39, 0.29) is 28.3 Å². The second-order valence-corrected chi connectivity index (χ2v) is 11.5. The van der Waals surface area contributed by atoms with Gasteiger partial charge < -0.3 is 19.4 Å². The van der Waals surface area contributed by atoms with Crippen molar-refractivity contribution in [3.05, 3.63) is 64.7 Å². The van der Waals surface area contributed by atoms with Gasteiger partial charge in [-0.25, -0.2) is 23.7 Å². The summed E-state index contributed by atoms with van der Waals surface area (Å²) < 4.78 is 43.9. The zero-order valence-electron chi connectivity index (χ0n) is 24.7. The number of nitrogens with one attached hydrogen (secondary N) is 1. The molecule has 228 valence electrons. The average Bonchev–Trinajstić information content (AvgIpc) is 3.65. The number of imidazole rings is 1. The zero-order chi connectivity index (χ0) is 30.9. The molecule has 1 aromatic carbocycles. The van der Waals surface area contributed by atoms with Crippen molar-refractivity contribution in [1.29, 1.82) is 0 Å². The molecule has 43 heavy (non-hydrogen) atoms. The highest BCUT2D eigenvalue weighted by atomic mass is 19.3. The van der Waals surface area contributed by atoms with Crippen LogP contribution in [0.15, 0.2) is 30.9 Å². The third kappa shape index (κ3) is 6.21. The lowest BCUT2D eigenvalue weighted by Crippen LogP contribution is -2.29. The van der Waals surface area contributed by atoms with E-state index in [0.29, 0.717) is 61.3 Å².